The number of hydrogen-bond acceptors (Lipinski definition) is 4. The van der Waals surface area contributed by atoms with Crippen molar-refractivity contribution >= 4 is 46.4 Å². The molecule has 0 spiro atoms. The first-order chi connectivity index (χ1) is 16.5. The molecule has 0 amide bonds. The van der Waals surface area contributed by atoms with Gasteiger partial charge in [-0.2, -0.15) is 0 Å². The number of pyridine rings is 1. The van der Waals surface area contributed by atoms with Gasteiger partial charge in [-0.3, -0.25) is 9.69 Å². The van der Waals surface area contributed by atoms with Crippen molar-refractivity contribution in [2.24, 2.45) is 0 Å². The zero-order valence-corrected chi connectivity index (χ0v) is 22.2. The molecule has 0 saturated carbocycles. The van der Waals surface area contributed by atoms with E-state index < -0.39 is 11.4 Å². The van der Waals surface area contributed by atoms with Crippen LogP contribution in [0.5, 0.6) is 5.75 Å². The topological polar surface area (TPSA) is 71.8 Å². The fourth-order valence-electron chi connectivity index (χ4n) is 4.07. The molecular formula is C28H28N2NaO4. The maximum atomic E-state index is 12.7. The van der Waals surface area contributed by atoms with Crippen molar-refractivity contribution in [3.05, 3.63) is 112 Å². The van der Waals surface area contributed by atoms with Crippen LogP contribution in [0.4, 0.5) is 0 Å². The summed E-state index contributed by atoms with van der Waals surface area (Å²) < 4.78 is 7.78. The zero-order valence-electron chi connectivity index (χ0n) is 20.2. The molecule has 3 aromatic carbocycles. The van der Waals surface area contributed by atoms with Crippen molar-refractivity contribution in [2.45, 2.75) is 26.6 Å². The summed E-state index contributed by atoms with van der Waals surface area (Å²) in [5.41, 5.74) is 2.42. The summed E-state index contributed by atoms with van der Waals surface area (Å²) in [5, 5.41) is 9.76. The third kappa shape index (κ3) is 6.83. The molecule has 7 heteroatoms. The number of ether oxygens (including phenoxy) is 1. The van der Waals surface area contributed by atoms with Gasteiger partial charge in [-0.15, -0.1) is 0 Å². The second-order valence-corrected chi connectivity index (χ2v) is 8.17. The van der Waals surface area contributed by atoms with Gasteiger partial charge in [0.05, 0.1) is 10.9 Å². The quantitative estimate of drug-likeness (QED) is 0.341. The van der Waals surface area contributed by atoms with Gasteiger partial charge < -0.3 is 14.4 Å². The van der Waals surface area contributed by atoms with Gasteiger partial charge in [-0.25, -0.2) is 4.79 Å². The van der Waals surface area contributed by atoms with Crippen LogP contribution in [0, 0.1) is 0 Å². The molecule has 1 heterocycles. The van der Waals surface area contributed by atoms with Crippen molar-refractivity contribution in [1.29, 1.82) is 0 Å². The molecule has 0 aliphatic heterocycles. The number of aryl methyl sites for hydroxylation is 1. The van der Waals surface area contributed by atoms with Gasteiger partial charge >= 0.3 is 5.97 Å². The van der Waals surface area contributed by atoms with Crippen molar-refractivity contribution < 1.29 is 14.6 Å². The second-order valence-electron chi connectivity index (χ2n) is 8.17. The van der Waals surface area contributed by atoms with Crippen LogP contribution in [-0.4, -0.2) is 63.3 Å². The predicted molar refractivity (Wildman–Crippen MR) is 139 cm³/mol. The molecular weight excluding hydrogens is 451 g/mol. The average molecular weight is 480 g/mol. The number of aromatic nitrogens is 1. The molecule has 1 N–H and O–H groups in total. The van der Waals surface area contributed by atoms with E-state index in [1.807, 2.05) is 55.5 Å². The standard InChI is InChI=1S/C28H28N2O4.Na/c1-2-30-20-25(28(32)33)27(31)24-17-23(13-14-26(24)30)34-16-15-29(18-21-9-5-3-6-10-21)19-22-11-7-4-8-12-22;/h3-14,17,20H,2,15-16,18-19H2,1H3,(H,32,33);. The van der Waals surface area contributed by atoms with Crippen LogP contribution in [0.15, 0.2) is 89.9 Å². The van der Waals surface area contributed by atoms with E-state index in [1.165, 1.54) is 17.3 Å². The third-order valence-corrected chi connectivity index (χ3v) is 5.80. The summed E-state index contributed by atoms with van der Waals surface area (Å²) in [6.07, 6.45) is 1.40. The van der Waals surface area contributed by atoms with Crippen LogP contribution >= 0.6 is 0 Å². The number of rotatable bonds is 10. The second kappa shape index (κ2) is 12.7. The largest absolute Gasteiger partial charge is 0.492 e. The van der Waals surface area contributed by atoms with E-state index in [2.05, 4.69) is 29.2 Å². The Labute approximate surface area is 227 Å². The van der Waals surface area contributed by atoms with E-state index >= 15 is 0 Å². The van der Waals surface area contributed by atoms with Crippen LogP contribution in [0.1, 0.15) is 28.4 Å². The summed E-state index contributed by atoms with van der Waals surface area (Å²) in [7, 11) is 0. The van der Waals surface area contributed by atoms with Gasteiger partial charge in [-0.1, -0.05) is 60.7 Å². The Kier molecular flexibility index (Phi) is 9.69. The predicted octanol–water partition coefficient (Wildman–Crippen LogP) is 4.42. The van der Waals surface area contributed by atoms with Gasteiger partial charge in [0.15, 0.2) is 0 Å². The first-order valence-electron chi connectivity index (χ1n) is 11.4. The normalized spacial score (nSPS) is 10.8. The van der Waals surface area contributed by atoms with Crippen molar-refractivity contribution in [3.8, 4) is 5.75 Å². The molecule has 0 saturated heterocycles. The summed E-state index contributed by atoms with van der Waals surface area (Å²) in [6, 6.07) is 25.9. The smallest absolute Gasteiger partial charge is 0.341 e. The van der Waals surface area contributed by atoms with E-state index in [1.54, 1.807) is 10.6 Å². The number of benzene rings is 3. The van der Waals surface area contributed by atoms with Crippen LogP contribution < -0.4 is 10.2 Å². The molecule has 35 heavy (non-hydrogen) atoms. The Balaban J connectivity index is 0.00000342. The SMILES string of the molecule is CCn1cc(C(=O)O)c(=O)c2cc(OCCN(Cc3ccccc3)Cc3ccccc3)ccc21.[Na]. The number of carboxylic acid groups (broad SMARTS) is 1. The Morgan fingerprint density at radius 3 is 2.09 bits per heavy atom. The molecule has 0 unspecified atom stereocenters. The maximum Gasteiger partial charge on any atom is 0.341 e. The Bertz CT molecular complexity index is 1280. The Morgan fingerprint density at radius 2 is 1.54 bits per heavy atom. The van der Waals surface area contributed by atoms with E-state index in [4.69, 9.17) is 4.74 Å². The van der Waals surface area contributed by atoms with E-state index in [9.17, 15) is 14.7 Å². The first-order valence-corrected chi connectivity index (χ1v) is 11.4. The van der Waals surface area contributed by atoms with Gasteiger partial charge in [0.25, 0.3) is 0 Å². The minimum Gasteiger partial charge on any atom is -0.492 e. The van der Waals surface area contributed by atoms with E-state index in [0.29, 0.717) is 36.3 Å². The van der Waals surface area contributed by atoms with Crippen LogP contribution in [-0.2, 0) is 19.6 Å². The molecule has 0 aliphatic carbocycles. The molecule has 1 aromatic heterocycles. The summed E-state index contributed by atoms with van der Waals surface area (Å²) >= 11 is 0. The minimum absolute atomic E-state index is 0. The first kappa shape index (κ1) is 26.7. The zero-order chi connectivity index (χ0) is 23.9. The number of carboxylic acids is 1. The fraction of sp³-hybridized carbons (Fsp3) is 0.214. The summed E-state index contributed by atoms with van der Waals surface area (Å²) in [6.45, 7) is 5.18. The molecule has 4 rings (SSSR count). The van der Waals surface area contributed by atoms with Gasteiger partial charge in [0, 0.05) is 61.9 Å². The molecule has 4 aromatic rings. The van der Waals surface area contributed by atoms with Gasteiger partial charge in [-0.05, 0) is 36.2 Å². The minimum atomic E-state index is -1.22. The number of nitrogens with zero attached hydrogens (tertiary/aromatic N) is 2. The molecule has 6 nitrogen and oxygen atoms in total. The number of aromatic carboxylic acids is 1. The van der Waals surface area contributed by atoms with Gasteiger partial charge in [0.1, 0.15) is 17.9 Å². The van der Waals surface area contributed by atoms with Crippen molar-refractivity contribution in [2.75, 3.05) is 13.2 Å². The number of fused-ring (bicyclic) bond motifs is 1. The number of hydrogen-bond donors (Lipinski definition) is 1. The van der Waals surface area contributed by atoms with Crippen LogP contribution in [0.3, 0.4) is 0 Å². The van der Waals surface area contributed by atoms with Gasteiger partial charge in [0.2, 0.25) is 5.43 Å². The molecule has 175 valence electrons. The monoisotopic (exact) mass is 479 g/mol. The van der Waals surface area contributed by atoms with Crippen molar-refractivity contribution in [3.63, 3.8) is 0 Å². The summed E-state index contributed by atoms with van der Waals surface area (Å²) in [5.74, 6) is -0.674. The molecule has 0 fully saturated rings. The fourth-order valence-corrected chi connectivity index (χ4v) is 4.07. The Morgan fingerprint density at radius 1 is 0.943 bits per heavy atom. The maximum absolute atomic E-state index is 12.7. The molecule has 0 aliphatic rings. The molecule has 0 bridgehead atoms. The molecule has 1 radical (unpaired) electrons. The van der Waals surface area contributed by atoms with E-state index in [-0.39, 0.29) is 35.1 Å². The third-order valence-electron chi connectivity index (χ3n) is 5.80. The van der Waals surface area contributed by atoms with Crippen LogP contribution in [0.2, 0.25) is 0 Å². The van der Waals surface area contributed by atoms with Crippen molar-refractivity contribution in [1.82, 2.24) is 9.47 Å². The number of carbonyl (C=O) groups is 1. The Hall–Kier alpha value is -2.90. The molecule has 0 atom stereocenters. The van der Waals surface area contributed by atoms with Crippen LogP contribution in [0.25, 0.3) is 10.9 Å². The summed E-state index contributed by atoms with van der Waals surface area (Å²) in [4.78, 5) is 26.6. The average Bonchev–Trinajstić information content (AvgIpc) is 2.85. The van der Waals surface area contributed by atoms with E-state index in [0.717, 1.165) is 13.1 Å².